The van der Waals surface area contributed by atoms with Crippen LogP contribution in [0.2, 0.25) is 0 Å². The van der Waals surface area contributed by atoms with E-state index in [1.54, 1.807) is 12.1 Å². The maximum Gasteiger partial charge on any atom is 0.143 e. The number of aromatic nitrogens is 2. The van der Waals surface area contributed by atoms with E-state index in [4.69, 9.17) is 4.52 Å². The molecule has 2 heterocycles. The monoisotopic (exact) mass is 363 g/mol. The van der Waals surface area contributed by atoms with Gasteiger partial charge in [0.1, 0.15) is 17.3 Å². The van der Waals surface area contributed by atoms with Crippen molar-refractivity contribution in [2.24, 2.45) is 0 Å². The first-order valence-electron chi connectivity index (χ1n) is 9.01. The Kier molecular flexibility index (Phi) is 4.54. The lowest BCUT2D eigenvalue weighted by Gasteiger charge is -2.11. The third-order valence-electron chi connectivity index (χ3n) is 4.84. The molecule has 2 aromatic heterocycles. The summed E-state index contributed by atoms with van der Waals surface area (Å²) in [6, 6.07) is 14.9. The van der Waals surface area contributed by atoms with E-state index in [9.17, 15) is 4.39 Å². The molecule has 0 bridgehead atoms. The van der Waals surface area contributed by atoms with E-state index >= 15 is 0 Å². The lowest BCUT2D eigenvalue weighted by Crippen LogP contribution is -2.15. The maximum atomic E-state index is 13.9. The van der Waals surface area contributed by atoms with E-state index in [0.717, 1.165) is 57.7 Å². The molecule has 5 heteroatoms. The van der Waals surface area contributed by atoms with E-state index in [-0.39, 0.29) is 5.82 Å². The Morgan fingerprint density at radius 2 is 1.89 bits per heavy atom. The molecule has 0 saturated heterocycles. The van der Waals surface area contributed by atoms with Crippen molar-refractivity contribution in [2.45, 2.75) is 13.3 Å². The second kappa shape index (κ2) is 7.00. The fraction of sp³-hybridized carbons (Fsp3) is 0.227. The maximum absolute atomic E-state index is 13.9. The minimum Gasteiger partial charge on any atom is -0.360 e. The Morgan fingerprint density at radius 3 is 2.63 bits per heavy atom. The van der Waals surface area contributed by atoms with Gasteiger partial charge in [0.15, 0.2) is 0 Å². The highest BCUT2D eigenvalue weighted by Crippen LogP contribution is 2.38. The molecule has 0 aliphatic carbocycles. The summed E-state index contributed by atoms with van der Waals surface area (Å²) in [7, 11) is 4.07. The third kappa shape index (κ3) is 3.26. The van der Waals surface area contributed by atoms with Crippen molar-refractivity contribution in [1.29, 1.82) is 0 Å². The molecular formula is C22H22FN3O. The molecule has 2 aromatic carbocycles. The first-order chi connectivity index (χ1) is 13.0. The zero-order chi connectivity index (χ0) is 19.0. The Balaban J connectivity index is 1.94. The summed E-state index contributed by atoms with van der Waals surface area (Å²) >= 11 is 0. The van der Waals surface area contributed by atoms with Crippen molar-refractivity contribution < 1.29 is 8.91 Å². The van der Waals surface area contributed by atoms with Crippen LogP contribution in [-0.4, -0.2) is 35.7 Å². The molecule has 27 heavy (non-hydrogen) atoms. The van der Waals surface area contributed by atoms with Gasteiger partial charge in [-0.3, -0.25) is 0 Å². The fourth-order valence-corrected chi connectivity index (χ4v) is 3.49. The number of likely N-dealkylation sites (N-methyl/N-ethyl adjacent to an activating group) is 1. The first-order valence-corrected chi connectivity index (χ1v) is 9.01. The number of hydrogen-bond donors (Lipinski definition) is 1. The molecule has 0 fully saturated rings. The summed E-state index contributed by atoms with van der Waals surface area (Å²) in [6.07, 6.45) is 0.796. The fourth-order valence-electron chi connectivity index (χ4n) is 3.49. The summed E-state index contributed by atoms with van der Waals surface area (Å²) in [5, 5.41) is 5.22. The van der Waals surface area contributed by atoms with Crippen molar-refractivity contribution in [2.75, 3.05) is 20.6 Å². The average Bonchev–Trinajstić information content (AvgIpc) is 3.20. The van der Waals surface area contributed by atoms with Crippen molar-refractivity contribution >= 4 is 10.9 Å². The van der Waals surface area contributed by atoms with Gasteiger partial charge in [-0.25, -0.2) is 4.39 Å². The quantitative estimate of drug-likeness (QED) is 0.540. The van der Waals surface area contributed by atoms with Crippen molar-refractivity contribution in [3.8, 4) is 22.5 Å². The summed E-state index contributed by atoms with van der Waals surface area (Å²) in [5.74, 6) is 0.511. The smallest absolute Gasteiger partial charge is 0.143 e. The van der Waals surface area contributed by atoms with Crippen LogP contribution >= 0.6 is 0 Å². The van der Waals surface area contributed by atoms with E-state index in [2.05, 4.69) is 15.0 Å². The van der Waals surface area contributed by atoms with E-state index < -0.39 is 0 Å². The zero-order valence-corrected chi connectivity index (χ0v) is 15.7. The molecule has 4 nitrogen and oxygen atoms in total. The van der Waals surface area contributed by atoms with Crippen LogP contribution in [-0.2, 0) is 6.42 Å². The molecule has 0 aliphatic rings. The van der Waals surface area contributed by atoms with Crippen LogP contribution in [0.1, 0.15) is 11.3 Å². The number of nitrogens with one attached hydrogen (secondary N) is 1. The molecule has 0 radical (unpaired) electrons. The zero-order valence-electron chi connectivity index (χ0n) is 15.7. The van der Waals surface area contributed by atoms with Crippen LogP contribution in [0.25, 0.3) is 33.4 Å². The van der Waals surface area contributed by atoms with Gasteiger partial charge in [0.25, 0.3) is 0 Å². The Hall–Kier alpha value is -2.92. The normalized spacial score (nSPS) is 11.6. The lowest BCUT2D eigenvalue weighted by atomic mass is 9.98. The predicted molar refractivity (Wildman–Crippen MR) is 106 cm³/mol. The molecule has 0 spiro atoms. The van der Waals surface area contributed by atoms with Crippen molar-refractivity contribution in [1.82, 2.24) is 15.0 Å². The molecule has 138 valence electrons. The molecule has 4 aromatic rings. The molecule has 1 N–H and O–H groups in total. The van der Waals surface area contributed by atoms with Gasteiger partial charge in [-0.15, -0.1) is 0 Å². The Morgan fingerprint density at radius 1 is 1.11 bits per heavy atom. The van der Waals surface area contributed by atoms with Gasteiger partial charge in [0.05, 0.1) is 11.3 Å². The van der Waals surface area contributed by atoms with E-state index in [1.165, 1.54) is 6.07 Å². The second-order valence-corrected chi connectivity index (χ2v) is 7.05. The topological polar surface area (TPSA) is 45.1 Å². The minimum absolute atomic E-state index is 0.232. The highest BCUT2D eigenvalue weighted by atomic mass is 19.1. The number of nitrogens with zero attached hydrogens (tertiary/aromatic N) is 2. The predicted octanol–water partition coefficient (Wildman–Crippen LogP) is 5.04. The van der Waals surface area contributed by atoms with Gasteiger partial charge in [0.2, 0.25) is 0 Å². The van der Waals surface area contributed by atoms with E-state index in [0.29, 0.717) is 0 Å². The Labute approximate surface area is 157 Å². The molecular weight excluding hydrogens is 341 g/mol. The van der Waals surface area contributed by atoms with Gasteiger partial charge in [0, 0.05) is 23.0 Å². The molecule has 4 rings (SSSR count). The van der Waals surface area contributed by atoms with Crippen LogP contribution < -0.4 is 0 Å². The SMILES string of the molecule is Cc1onc(-c2ccccc2)c1-c1[nH]c2ccc(F)cc2c1CCN(C)C. The first kappa shape index (κ1) is 17.5. The van der Waals surface area contributed by atoms with Crippen LogP contribution in [0.5, 0.6) is 0 Å². The molecule has 0 unspecified atom stereocenters. The van der Waals surface area contributed by atoms with Crippen LogP contribution in [0, 0.1) is 12.7 Å². The summed E-state index contributed by atoms with van der Waals surface area (Å²) in [6.45, 7) is 2.78. The number of hydrogen-bond acceptors (Lipinski definition) is 3. The van der Waals surface area contributed by atoms with Crippen LogP contribution in [0.3, 0.4) is 0 Å². The van der Waals surface area contributed by atoms with Crippen molar-refractivity contribution in [3.05, 3.63) is 65.7 Å². The van der Waals surface area contributed by atoms with Crippen LogP contribution in [0.4, 0.5) is 4.39 Å². The molecule has 0 amide bonds. The number of aryl methyl sites for hydroxylation is 1. The number of halogens is 1. The molecule has 0 aliphatic heterocycles. The summed E-state index contributed by atoms with van der Waals surface area (Å²) in [5.41, 5.74) is 5.68. The highest BCUT2D eigenvalue weighted by Gasteiger charge is 2.22. The largest absolute Gasteiger partial charge is 0.360 e. The van der Waals surface area contributed by atoms with Crippen LogP contribution in [0.15, 0.2) is 53.1 Å². The summed E-state index contributed by atoms with van der Waals surface area (Å²) < 4.78 is 19.5. The highest BCUT2D eigenvalue weighted by molar-refractivity contribution is 5.94. The number of aromatic amines is 1. The molecule has 0 saturated carbocycles. The number of fused-ring (bicyclic) bond motifs is 1. The number of rotatable bonds is 5. The minimum atomic E-state index is -0.232. The number of H-pyrrole nitrogens is 1. The van der Waals surface area contributed by atoms with Crippen molar-refractivity contribution in [3.63, 3.8) is 0 Å². The van der Waals surface area contributed by atoms with Gasteiger partial charge in [-0.2, -0.15) is 0 Å². The Bertz CT molecular complexity index is 1080. The standard InChI is InChI=1S/C22H22FN3O/c1-14-20(21(25-27-14)15-7-5-4-6-8-15)22-17(11-12-26(2)3)18-13-16(23)9-10-19(18)24-22/h4-10,13,24H,11-12H2,1-3H3. The van der Waals surface area contributed by atoms with Gasteiger partial charge >= 0.3 is 0 Å². The second-order valence-electron chi connectivity index (χ2n) is 7.05. The third-order valence-corrected chi connectivity index (χ3v) is 4.84. The summed E-state index contributed by atoms with van der Waals surface area (Å²) in [4.78, 5) is 5.61. The lowest BCUT2D eigenvalue weighted by molar-refractivity contribution is 0.400. The van der Waals surface area contributed by atoms with E-state index in [1.807, 2.05) is 51.4 Å². The van der Waals surface area contributed by atoms with Gasteiger partial charge in [-0.1, -0.05) is 35.5 Å². The number of benzene rings is 2. The van der Waals surface area contributed by atoms with Gasteiger partial charge < -0.3 is 14.4 Å². The van der Waals surface area contributed by atoms with Gasteiger partial charge in [-0.05, 0) is 51.2 Å². The average molecular weight is 363 g/mol. The molecule has 0 atom stereocenters.